The largest absolute Gasteiger partial charge is 0.377 e. The van der Waals surface area contributed by atoms with Gasteiger partial charge in [0.25, 0.3) is 5.91 Å². The minimum Gasteiger partial charge on any atom is -0.377 e. The molecule has 0 aliphatic carbocycles. The van der Waals surface area contributed by atoms with Gasteiger partial charge in [-0.15, -0.1) is 0 Å². The van der Waals surface area contributed by atoms with Gasteiger partial charge in [-0.05, 0) is 44.9 Å². The topological polar surface area (TPSA) is 45.7 Å². The molecule has 2 aliphatic rings. The van der Waals surface area contributed by atoms with Crippen LogP contribution in [0.25, 0.3) is 10.9 Å². The molecule has 3 heterocycles. The molecule has 1 aromatic heterocycles. The van der Waals surface area contributed by atoms with Crippen LogP contribution in [0.1, 0.15) is 34.5 Å². The first-order valence-corrected chi connectivity index (χ1v) is 9.61. The number of carbonyl (C=O) groups is 1. The standard InChI is InChI=1S/C21H27N3O2/c1-15-5-6-20-18(12-15)19(13-16(2)22-20)21(25)24-9-7-23(8-10-24)14-17-4-3-11-26-17/h5-6,12-13,17H,3-4,7-11,14H2,1-2H3. The van der Waals surface area contributed by atoms with Gasteiger partial charge in [0, 0.05) is 50.4 Å². The van der Waals surface area contributed by atoms with E-state index in [0.29, 0.717) is 6.10 Å². The normalized spacial score (nSPS) is 21.5. The third kappa shape index (κ3) is 3.60. The Kier molecular flexibility index (Phi) is 4.92. The predicted molar refractivity (Wildman–Crippen MR) is 103 cm³/mol. The minimum atomic E-state index is 0.128. The lowest BCUT2D eigenvalue weighted by Crippen LogP contribution is -2.50. The number of amides is 1. The molecule has 0 N–H and O–H groups in total. The van der Waals surface area contributed by atoms with Gasteiger partial charge in [0.15, 0.2) is 0 Å². The summed E-state index contributed by atoms with van der Waals surface area (Å²) in [6, 6.07) is 8.06. The second-order valence-electron chi connectivity index (χ2n) is 7.56. The Morgan fingerprint density at radius 2 is 2.00 bits per heavy atom. The van der Waals surface area contributed by atoms with Crippen molar-refractivity contribution in [3.8, 4) is 0 Å². The van der Waals surface area contributed by atoms with Crippen LogP contribution in [-0.4, -0.2) is 66.1 Å². The van der Waals surface area contributed by atoms with Crippen LogP contribution in [0.2, 0.25) is 0 Å². The summed E-state index contributed by atoms with van der Waals surface area (Å²) in [4.78, 5) is 22.2. The van der Waals surface area contributed by atoms with Crippen molar-refractivity contribution >= 4 is 16.8 Å². The van der Waals surface area contributed by atoms with Gasteiger partial charge in [-0.25, -0.2) is 0 Å². The summed E-state index contributed by atoms with van der Waals surface area (Å²) in [6.45, 7) is 9.31. The van der Waals surface area contributed by atoms with Crippen LogP contribution >= 0.6 is 0 Å². The number of piperazine rings is 1. The number of fused-ring (bicyclic) bond motifs is 1. The van der Waals surface area contributed by atoms with Gasteiger partial charge >= 0.3 is 0 Å². The zero-order valence-electron chi connectivity index (χ0n) is 15.7. The Morgan fingerprint density at radius 1 is 1.19 bits per heavy atom. The summed E-state index contributed by atoms with van der Waals surface area (Å²) in [6.07, 6.45) is 2.73. The van der Waals surface area contributed by atoms with Gasteiger partial charge in [0.1, 0.15) is 0 Å². The molecule has 0 spiro atoms. The van der Waals surface area contributed by atoms with Gasteiger partial charge < -0.3 is 9.64 Å². The van der Waals surface area contributed by atoms with Crippen LogP contribution < -0.4 is 0 Å². The maximum absolute atomic E-state index is 13.2. The fraction of sp³-hybridized carbons (Fsp3) is 0.524. The van der Waals surface area contributed by atoms with Crippen molar-refractivity contribution in [1.29, 1.82) is 0 Å². The van der Waals surface area contributed by atoms with E-state index < -0.39 is 0 Å². The number of carbonyl (C=O) groups excluding carboxylic acids is 1. The Labute approximate surface area is 154 Å². The third-order valence-corrected chi connectivity index (χ3v) is 5.47. The van der Waals surface area contributed by atoms with E-state index in [4.69, 9.17) is 4.74 Å². The fourth-order valence-corrected chi connectivity index (χ4v) is 4.03. The smallest absolute Gasteiger partial charge is 0.254 e. The third-order valence-electron chi connectivity index (χ3n) is 5.47. The van der Waals surface area contributed by atoms with Gasteiger partial charge in [0.2, 0.25) is 0 Å². The number of aromatic nitrogens is 1. The number of hydrogen-bond acceptors (Lipinski definition) is 4. The van der Waals surface area contributed by atoms with E-state index in [2.05, 4.69) is 22.9 Å². The van der Waals surface area contributed by atoms with E-state index in [0.717, 1.165) is 67.1 Å². The van der Waals surface area contributed by atoms with Gasteiger partial charge in [0.05, 0.1) is 17.2 Å². The molecule has 5 nitrogen and oxygen atoms in total. The molecule has 1 amide bonds. The summed E-state index contributed by atoms with van der Waals surface area (Å²) in [5.41, 5.74) is 3.72. The molecule has 2 fully saturated rings. The highest BCUT2D eigenvalue weighted by molar-refractivity contribution is 6.06. The van der Waals surface area contributed by atoms with Gasteiger partial charge in [-0.2, -0.15) is 0 Å². The quantitative estimate of drug-likeness (QED) is 0.851. The highest BCUT2D eigenvalue weighted by Crippen LogP contribution is 2.22. The number of nitrogens with zero attached hydrogens (tertiary/aromatic N) is 3. The van der Waals surface area contributed by atoms with Crippen LogP contribution in [0.5, 0.6) is 0 Å². The van der Waals surface area contributed by atoms with Crippen molar-refractivity contribution in [1.82, 2.24) is 14.8 Å². The van der Waals surface area contributed by atoms with E-state index in [1.165, 1.54) is 12.8 Å². The lowest BCUT2D eigenvalue weighted by molar-refractivity contribution is 0.0433. The van der Waals surface area contributed by atoms with Crippen LogP contribution in [0.15, 0.2) is 24.3 Å². The van der Waals surface area contributed by atoms with E-state index >= 15 is 0 Å². The molecular weight excluding hydrogens is 326 g/mol. The van der Waals surface area contributed by atoms with Crippen molar-refractivity contribution in [2.75, 3.05) is 39.3 Å². The second kappa shape index (κ2) is 7.33. The zero-order valence-corrected chi connectivity index (χ0v) is 15.7. The number of ether oxygens (including phenoxy) is 1. The first kappa shape index (κ1) is 17.4. The SMILES string of the molecule is Cc1ccc2nc(C)cc(C(=O)N3CCN(CC4CCCO4)CC3)c2c1. The average molecular weight is 353 g/mol. The summed E-state index contributed by atoms with van der Waals surface area (Å²) in [5, 5.41) is 0.961. The molecule has 0 saturated carbocycles. The molecule has 1 aromatic carbocycles. The summed E-state index contributed by atoms with van der Waals surface area (Å²) >= 11 is 0. The van der Waals surface area contributed by atoms with E-state index in [1.54, 1.807) is 0 Å². The molecule has 1 unspecified atom stereocenters. The average Bonchev–Trinajstić information content (AvgIpc) is 3.14. The molecule has 0 bridgehead atoms. The molecule has 138 valence electrons. The van der Waals surface area contributed by atoms with Crippen molar-refractivity contribution in [2.24, 2.45) is 0 Å². The molecule has 2 aromatic rings. The Balaban J connectivity index is 1.48. The number of benzene rings is 1. The molecule has 4 rings (SSSR count). The van der Waals surface area contributed by atoms with Crippen LogP contribution in [0, 0.1) is 13.8 Å². The van der Waals surface area contributed by atoms with Gasteiger partial charge in [-0.3, -0.25) is 14.7 Å². The number of rotatable bonds is 3. The van der Waals surface area contributed by atoms with Crippen molar-refractivity contribution in [2.45, 2.75) is 32.8 Å². The van der Waals surface area contributed by atoms with Crippen LogP contribution in [0.4, 0.5) is 0 Å². The lowest BCUT2D eigenvalue weighted by atomic mass is 10.0. The van der Waals surface area contributed by atoms with E-state index in [-0.39, 0.29) is 5.91 Å². The Bertz CT molecular complexity index is 806. The van der Waals surface area contributed by atoms with E-state index in [1.807, 2.05) is 30.0 Å². The van der Waals surface area contributed by atoms with Crippen LogP contribution in [-0.2, 0) is 4.74 Å². The van der Waals surface area contributed by atoms with Crippen molar-refractivity contribution in [3.63, 3.8) is 0 Å². The summed E-state index contributed by atoms with van der Waals surface area (Å²) < 4.78 is 5.74. The summed E-state index contributed by atoms with van der Waals surface area (Å²) in [7, 11) is 0. The monoisotopic (exact) mass is 353 g/mol. The first-order valence-electron chi connectivity index (χ1n) is 9.61. The zero-order chi connectivity index (χ0) is 18.1. The highest BCUT2D eigenvalue weighted by atomic mass is 16.5. The lowest BCUT2D eigenvalue weighted by Gasteiger charge is -2.36. The molecule has 0 radical (unpaired) electrons. The Hall–Kier alpha value is -1.98. The molecular formula is C21H27N3O2. The first-order chi connectivity index (χ1) is 12.6. The van der Waals surface area contributed by atoms with E-state index in [9.17, 15) is 4.79 Å². The molecule has 1 atom stereocenters. The highest BCUT2D eigenvalue weighted by Gasteiger charge is 2.26. The second-order valence-corrected chi connectivity index (χ2v) is 7.56. The predicted octanol–water partition coefficient (Wildman–Crippen LogP) is 2.79. The Morgan fingerprint density at radius 3 is 2.73 bits per heavy atom. The molecule has 2 aliphatic heterocycles. The maximum atomic E-state index is 13.2. The number of pyridine rings is 1. The van der Waals surface area contributed by atoms with Crippen LogP contribution in [0.3, 0.4) is 0 Å². The van der Waals surface area contributed by atoms with Gasteiger partial charge in [-0.1, -0.05) is 11.6 Å². The fourth-order valence-electron chi connectivity index (χ4n) is 4.03. The number of aryl methyl sites for hydroxylation is 2. The number of hydrogen-bond donors (Lipinski definition) is 0. The molecule has 5 heteroatoms. The van der Waals surface area contributed by atoms with Crippen molar-refractivity contribution < 1.29 is 9.53 Å². The van der Waals surface area contributed by atoms with Crippen molar-refractivity contribution in [3.05, 3.63) is 41.1 Å². The maximum Gasteiger partial charge on any atom is 0.254 e. The molecule has 26 heavy (non-hydrogen) atoms. The molecule has 2 saturated heterocycles. The minimum absolute atomic E-state index is 0.128. The summed E-state index contributed by atoms with van der Waals surface area (Å²) in [5.74, 6) is 0.128.